The van der Waals surface area contributed by atoms with Crippen molar-refractivity contribution in [2.75, 3.05) is 0 Å². The molecule has 0 fully saturated rings. The topological polar surface area (TPSA) is 0 Å². The lowest BCUT2D eigenvalue weighted by atomic mass is 9.89. The molecule has 0 saturated heterocycles. The molecule has 0 amide bonds. The lowest BCUT2D eigenvalue weighted by molar-refractivity contribution is 1.47. The first-order valence-electron chi connectivity index (χ1n) is 8.17. The van der Waals surface area contributed by atoms with Gasteiger partial charge in [0.1, 0.15) is 0 Å². The van der Waals surface area contributed by atoms with Crippen LogP contribution in [0.25, 0.3) is 29.0 Å². The van der Waals surface area contributed by atoms with Crippen LogP contribution in [0.2, 0.25) is 0 Å². The molecule has 0 unspecified atom stereocenters. The maximum atomic E-state index is 3.95. The van der Waals surface area contributed by atoms with Gasteiger partial charge >= 0.3 is 0 Å². The molecular formula is C22H30. The summed E-state index contributed by atoms with van der Waals surface area (Å²) in [5, 5.41) is 2.53. The predicted molar refractivity (Wildman–Crippen MR) is 106 cm³/mol. The van der Waals surface area contributed by atoms with E-state index in [4.69, 9.17) is 0 Å². The maximum Gasteiger partial charge on any atom is -0.0103 e. The van der Waals surface area contributed by atoms with Gasteiger partial charge in [-0.3, -0.25) is 0 Å². The van der Waals surface area contributed by atoms with Crippen molar-refractivity contribution in [1.82, 2.24) is 0 Å². The van der Waals surface area contributed by atoms with Gasteiger partial charge in [0.05, 0.1) is 0 Å². The van der Waals surface area contributed by atoms with Gasteiger partial charge in [0.25, 0.3) is 0 Å². The van der Waals surface area contributed by atoms with Gasteiger partial charge in [0.2, 0.25) is 0 Å². The number of hydrogen-bond acceptors (Lipinski definition) is 0. The first-order chi connectivity index (χ1) is 10.7. The molecule has 0 spiro atoms. The third-order valence-corrected chi connectivity index (χ3v) is 3.35. The van der Waals surface area contributed by atoms with Gasteiger partial charge < -0.3 is 0 Å². The Morgan fingerprint density at radius 2 is 1.27 bits per heavy atom. The van der Waals surface area contributed by atoms with Crippen molar-refractivity contribution in [2.24, 2.45) is 0 Å². The highest BCUT2D eigenvalue weighted by Gasteiger charge is 2.11. The fourth-order valence-corrected chi connectivity index (χ4v) is 2.50. The summed E-state index contributed by atoms with van der Waals surface area (Å²) < 4.78 is 0. The van der Waals surface area contributed by atoms with Crippen LogP contribution in [0.5, 0.6) is 0 Å². The molecule has 0 saturated carbocycles. The second-order valence-corrected chi connectivity index (χ2v) is 4.32. The fourth-order valence-electron chi connectivity index (χ4n) is 2.50. The molecule has 0 heteroatoms. The Kier molecular flexibility index (Phi) is 9.61. The Balaban J connectivity index is 0.00000102. The van der Waals surface area contributed by atoms with Crippen molar-refractivity contribution in [3.8, 4) is 0 Å². The summed E-state index contributed by atoms with van der Waals surface area (Å²) in [4.78, 5) is 0. The third kappa shape index (κ3) is 3.98. The first kappa shape index (κ1) is 19.9. The van der Waals surface area contributed by atoms with Crippen molar-refractivity contribution < 1.29 is 0 Å². The minimum absolute atomic E-state index is 1.17. The van der Waals surface area contributed by atoms with Crippen LogP contribution < -0.4 is 0 Å². The van der Waals surface area contributed by atoms with E-state index in [1.807, 2.05) is 46.8 Å². The maximum absolute atomic E-state index is 3.95. The minimum atomic E-state index is 1.17. The van der Waals surface area contributed by atoms with E-state index in [-0.39, 0.29) is 0 Å². The standard InChI is InChI=1S/C18H18.2C2H6/c1-5-10-16-13(4)17-11-8-9-12-18(17)15(7-3)14(16)6-2;2*1-2/h5-12H,2-3H2,1,4H3;2*1-2H3/b10-5-;;. The van der Waals surface area contributed by atoms with Crippen LogP contribution in [0.4, 0.5) is 0 Å². The van der Waals surface area contributed by atoms with E-state index in [0.717, 1.165) is 0 Å². The second-order valence-electron chi connectivity index (χ2n) is 4.32. The molecule has 0 radical (unpaired) electrons. The Labute approximate surface area is 136 Å². The van der Waals surface area contributed by atoms with E-state index in [1.54, 1.807) is 0 Å². The van der Waals surface area contributed by atoms with E-state index in [0.29, 0.717) is 0 Å². The normalized spacial score (nSPS) is 9.55. The Bertz CT molecular complexity index is 643. The lowest BCUT2D eigenvalue weighted by Crippen LogP contribution is -1.94. The average Bonchev–Trinajstić information content (AvgIpc) is 2.60. The largest absolute Gasteiger partial charge is 0.0984 e. The molecule has 2 aromatic carbocycles. The zero-order valence-corrected chi connectivity index (χ0v) is 15.0. The SMILES string of the molecule is C=Cc1c(/C=C\C)c(C)c2ccccc2c1C=C.CC.CC. The molecular weight excluding hydrogens is 264 g/mol. The summed E-state index contributed by atoms with van der Waals surface area (Å²) in [6.07, 6.45) is 8.06. The summed E-state index contributed by atoms with van der Waals surface area (Å²) in [5.41, 5.74) is 4.86. The summed E-state index contributed by atoms with van der Waals surface area (Å²) in [5.74, 6) is 0. The average molecular weight is 294 g/mol. The van der Waals surface area contributed by atoms with E-state index >= 15 is 0 Å². The van der Waals surface area contributed by atoms with Crippen LogP contribution >= 0.6 is 0 Å². The van der Waals surface area contributed by atoms with Crippen LogP contribution in [-0.4, -0.2) is 0 Å². The number of allylic oxidation sites excluding steroid dienone is 1. The zero-order valence-electron chi connectivity index (χ0n) is 15.0. The molecule has 0 aromatic heterocycles. The predicted octanol–water partition coefficient (Wildman–Crippen LogP) is 7.52. The Hall–Kier alpha value is -2.08. The molecule has 118 valence electrons. The minimum Gasteiger partial charge on any atom is -0.0984 e. The monoisotopic (exact) mass is 294 g/mol. The van der Waals surface area contributed by atoms with E-state index in [2.05, 4.69) is 56.5 Å². The highest BCUT2D eigenvalue weighted by molar-refractivity contribution is 5.99. The molecule has 0 heterocycles. The second kappa shape index (κ2) is 10.6. The smallest absolute Gasteiger partial charge is 0.0103 e. The zero-order chi connectivity index (χ0) is 17.1. The van der Waals surface area contributed by atoms with Gasteiger partial charge in [0, 0.05) is 0 Å². The van der Waals surface area contributed by atoms with Crippen LogP contribution in [0.3, 0.4) is 0 Å². The fraction of sp³-hybridized carbons (Fsp3) is 0.273. The van der Waals surface area contributed by atoms with Crippen molar-refractivity contribution in [2.45, 2.75) is 41.5 Å². The number of benzene rings is 2. The highest BCUT2D eigenvalue weighted by atomic mass is 14.1. The van der Waals surface area contributed by atoms with Crippen molar-refractivity contribution in [3.05, 3.63) is 65.8 Å². The summed E-state index contributed by atoms with van der Waals surface area (Å²) in [6, 6.07) is 8.45. The number of fused-ring (bicyclic) bond motifs is 1. The highest BCUT2D eigenvalue weighted by Crippen LogP contribution is 2.32. The van der Waals surface area contributed by atoms with Crippen LogP contribution in [-0.2, 0) is 0 Å². The van der Waals surface area contributed by atoms with Gasteiger partial charge in [-0.1, -0.05) is 89.4 Å². The van der Waals surface area contributed by atoms with Gasteiger partial charge in [-0.05, 0) is 46.9 Å². The van der Waals surface area contributed by atoms with Crippen LogP contribution in [0, 0.1) is 6.92 Å². The number of hydrogen-bond donors (Lipinski definition) is 0. The Morgan fingerprint density at radius 1 is 0.773 bits per heavy atom. The van der Waals surface area contributed by atoms with E-state index < -0.39 is 0 Å². The van der Waals surface area contributed by atoms with Gasteiger partial charge in [-0.25, -0.2) is 0 Å². The molecule has 0 aliphatic heterocycles. The molecule has 0 nitrogen and oxygen atoms in total. The van der Waals surface area contributed by atoms with Gasteiger partial charge in [0.15, 0.2) is 0 Å². The molecule has 2 rings (SSSR count). The lowest BCUT2D eigenvalue weighted by Gasteiger charge is -2.15. The van der Waals surface area contributed by atoms with Crippen LogP contribution in [0.1, 0.15) is 56.9 Å². The number of rotatable bonds is 3. The first-order valence-corrected chi connectivity index (χ1v) is 8.17. The van der Waals surface area contributed by atoms with E-state index in [9.17, 15) is 0 Å². The molecule has 0 aliphatic rings. The molecule has 0 bridgehead atoms. The van der Waals surface area contributed by atoms with Crippen molar-refractivity contribution in [3.63, 3.8) is 0 Å². The molecule has 22 heavy (non-hydrogen) atoms. The molecule has 0 atom stereocenters. The van der Waals surface area contributed by atoms with Gasteiger partial charge in [-0.15, -0.1) is 0 Å². The van der Waals surface area contributed by atoms with Crippen molar-refractivity contribution >= 4 is 29.0 Å². The van der Waals surface area contributed by atoms with Crippen LogP contribution in [0.15, 0.2) is 43.5 Å². The molecule has 0 aliphatic carbocycles. The number of aryl methyl sites for hydroxylation is 1. The summed E-state index contributed by atoms with van der Waals surface area (Å²) in [6.45, 7) is 20.1. The van der Waals surface area contributed by atoms with E-state index in [1.165, 1.54) is 33.0 Å². The van der Waals surface area contributed by atoms with Crippen molar-refractivity contribution in [1.29, 1.82) is 0 Å². The summed E-state index contributed by atoms with van der Waals surface area (Å²) >= 11 is 0. The van der Waals surface area contributed by atoms with Gasteiger partial charge in [-0.2, -0.15) is 0 Å². The summed E-state index contributed by atoms with van der Waals surface area (Å²) in [7, 11) is 0. The third-order valence-electron chi connectivity index (χ3n) is 3.35. The quantitative estimate of drug-likeness (QED) is 0.549. The Morgan fingerprint density at radius 3 is 1.73 bits per heavy atom. The molecule has 0 N–H and O–H groups in total. The molecule has 2 aromatic rings.